The summed E-state index contributed by atoms with van der Waals surface area (Å²) in [6.45, 7) is -0.00130. The summed E-state index contributed by atoms with van der Waals surface area (Å²) in [5, 5.41) is 18.4. The van der Waals surface area contributed by atoms with Crippen molar-refractivity contribution in [1.29, 1.82) is 0 Å². The van der Waals surface area contributed by atoms with Gasteiger partial charge in [-0.05, 0) is 6.42 Å². The number of hydrogen-bond donors (Lipinski definition) is 2. The number of carbonyl (C=O) groups is 4. The van der Waals surface area contributed by atoms with E-state index in [2.05, 4.69) is 0 Å². The fourth-order valence-electron chi connectivity index (χ4n) is 2.60. The molecule has 2 heterocycles. The second-order valence-corrected chi connectivity index (χ2v) is 4.28. The zero-order valence-electron chi connectivity index (χ0n) is 9.46. The summed E-state index contributed by atoms with van der Waals surface area (Å²) in [5.41, 5.74) is -2.06. The van der Waals surface area contributed by atoms with Gasteiger partial charge in [0.2, 0.25) is 17.5 Å². The maximum absolute atomic E-state index is 11.7. The highest BCUT2D eigenvalue weighted by molar-refractivity contribution is 6.06. The van der Waals surface area contributed by atoms with Gasteiger partial charge in [0.15, 0.2) is 0 Å². The quantitative estimate of drug-likeness (QED) is 0.655. The van der Waals surface area contributed by atoms with Crippen molar-refractivity contribution in [3.05, 3.63) is 0 Å². The molecular formula is C10H12N2O6. The summed E-state index contributed by atoms with van der Waals surface area (Å²) in [7, 11) is 0. The van der Waals surface area contributed by atoms with E-state index in [-0.39, 0.29) is 25.8 Å². The topological polar surface area (TPSA) is 115 Å². The average molecular weight is 256 g/mol. The second kappa shape index (κ2) is 3.97. The lowest BCUT2D eigenvalue weighted by molar-refractivity contribution is -0.172. The number of nitrogens with zero attached hydrogens (tertiary/aromatic N) is 2. The second-order valence-electron chi connectivity index (χ2n) is 4.28. The minimum atomic E-state index is -2.06. The number of carbonyl (C=O) groups excluding carboxylic acids is 2. The molecule has 8 heteroatoms. The van der Waals surface area contributed by atoms with E-state index in [0.29, 0.717) is 16.2 Å². The molecule has 1 unspecified atom stereocenters. The highest BCUT2D eigenvalue weighted by Gasteiger charge is 2.59. The number of likely N-dealkylation sites (tertiary alicyclic amines) is 2. The van der Waals surface area contributed by atoms with E-state index in [9.17, 15) is 24.3 Å². The Labute approximate surface area is 102 Å². The van der Waals surface area contributed by atoms with Crippen molar-refractivity contribution in [2.75, 3.05) is 6.54 Å². The van der Waals surface area contributed by atoms with E-state index in [4.69, 9.17) is 5.11 Å². The van der Waals surface area contributed by atoms with Crippen LogP contribution in [0.15, 0.2) is 0 Å². The minimum absolute atomic E-state index is 0.00130. The van der Waals surface area contributed by atoms with Crippen LogP contribution >= 0.6 is 0 Å². The van der Waals surface area contributed by atoms with Gasteiger partial charge in [-0.3, -0.25) is 14.5 Å². The maximum atomic E-state index is 11.7. The van der Waals surface area contributed by atoms with Crippen LogP contribution in [-0.4, -0.2) is 56.1 Å². The van der Waals surface area contributed by atoms with Crippen molar-refractivity contribution in [3.8, 4) is 0 Å². The first-order chi connectivity index (χ1) is 8.41. The summed E-state index contributed by atoms with van der Waals surface area (Å²) in [4.78, 5) is 47.2. The maximum Gasteiger partial charge on any atom is 0.409 e. The zero-order valence-corrected chi connectivity index (χ0v) is 9.46. The SMILES string of the molecule is O=C(O)N1CCCC1(C(=O)O)N1C(=O)CCC1=O. The lowest BCUT2D eigenvalue weighted by Crippen LogP contribution is -2.65. The van der Waals surface area contributed by atoms with Crippen LogP contribution in [-0.2, 0) is 14.4 Å². The zero-order chi connectivity index (χ0) is 13.5. The van der Waals surface area contributed by atoms with Crippen LogP contribution < -0.4 is 0 Å². The Balaban J connectivity index is 2.50. The standard InChI is InChI=1S/C10H12N2O6/c13-6-2-3-7(14)12(6)10(8(15)16)4-1-5-11(10)9(17)18/h1-5H2,(H,15,16)(H,17,18). The highest BCUT2D eigenvalue weighted by atomic mass is 16.4. The Hall–Kier alpha value is -2.12. The third kappa shape index (κ3) is 1.45. The molecule has 2 N–H and O–H groups in total. The first-order valence-corrected chi connectivity index (χ1v) is 5.51. The molecule has 0 saturated carbocycles. The van der Waals surface area contributed by atoms with Gasteiger partial charge in [-0.25, -0.2) is 14.5 Å². The van der Waals surface area contributed by atoms with E-state index in [1.165, 1.54) is 0 Å². The Kier molecular flexibility index (Phi) is 2.72. The molecule has 3 amide bonds. The van der Waals surface area contributed by atoms with Crippen LogP contribution in [0.3, 0.4) is 0 Å². The van der Waals surface area contributed by atoms with Crippen LogP contribution in [0.4, 0.5) is 4.79 Å². The van der Waals surface area contributed by atoms with Gasteiger partial charge in [-0.1, -0.05) is 0 Å². The molecule has 18 heavy (non-hydrogen) atoms. The summed E-state index contributed by atoms with van der Waals surface area (Å²) < 4.78 is 0. The van der Waals surface area contributed by atoms with Crippen molar-refractivity contribution >= 4 is 23.9 Å². The van der Waals surface area contributed by atoms with Crippen LogP contribution in [0.5, 0.6) is 0 Å². The van der Waals surface area contributed by atoms with Gasteiger partial charge < -0.3 is 10.2 Å². The predicted molar refractivity (Wildman–Crippen MR) is 55.4 cm³/mol. The molecule has 0 aromatic rings. The molecule has 2 rings (SSSR count). The molecule has 2 saturated heterocycles. The van der Waals surface area contributed by atoms with Crippen LogP contribution in [0.1, 0.15) is 25.7 Å². The number of hydrogen-bond acceptors (Lipinski definition) is 4. The molecule has 0 spiro atoms. The number of aliphatic carboxylic acids is 1. The number of rotatable bonds is 2. The summed E-state index contributed by atoms with van der Waals surface area (Å²) in [5.74, 6) is -2.74. The van der Waals surface area contributed by atoms with E-state index >= 15 is 0 Å². The predicted octanol–water partition coefficient (Wildman–Crippen LogP) is -0.310. The molecule has 2 aliphatic heterocycles. The van der Waals surface area contributed by atoms with Crippen molar-refractivity contribution in [1.82, 2.24) is 9.80 Å². The number of amides is 3. The number of carboxylic acid groups (broad SMARTS) is 2. The lowest BCUT2D eigenvalue weighted by Gasteiger charge is -2.38. The molecule has 0 aromatic heterocycles. The van der Waals surface area contributed by atoms with Crippen molar-refractivity contribution in [2.24, 2.45) is 0 Å². The summed E-state index contributed by atoms with van der Waals surface area (Å²) in [6, 6.07) is 0. The smallest absolute Gasteiger partial charge is 0.409 e. The van der Waals surface area contributed by atoms with Gasteiger partial charge in [-0.2, -0.15) is 0 Å². The Bertz CT molecular complexity index is 432. The van der Waals surface area contributed by atoms with Crippen molar-refractivity contribution < 1.29 is 29.4 Å². The van der Waals surface area contributed by atoms with Crippen molar-refractivity contribution in [2.45, 2.75) is 31.3 Å². The Morgan fingerprint density at radius 3 is 2.11 bits per heavy atom. The first-order valence-electron chi connectivity index (χ1n) is 5.51. The van der Waals surface area contributed by atoms with Crippen LogP contribution in [0.25, 0.3) is 0 Å². The Morgan fingerprint density at radius 1 is 1.11 bits per heavy atom. The minimum Gasteiger partial charge on any atom is -0.478 e. The van der Waals surface area contributed by atoms with E-state index < -0.39 is 29.5 Å². The van der Waals surface area contributed by atoms with Crippen molar-refractivity contribution in [3.63, 3.8) is 0 Å². The van der Waals surface area contributed by atoms with Crippen LogP contribution in [0, 0.1) is 0 Å². The molecule has 8 nitrogen and oxygen atoms in total. The number of carboxylic acids is 1. The molecule has 0 aromatic carbocycles. The molecule has 0 radical (unpaired) electrons. The number of imide groups is 1. The average Bonchev–Trinajstić information content (AvgIpc) is 2.83. The van der Waals surface area contributed by atoms with Crippen LogP contribution in [0.2, 0.25) is 0 Å². The van der Waals surface area contributed by atoms with E-state index in [1.54, 1.807) is 0 Å². The molecule has 2 fully saturated rings. The third-order valence-electron chi connectivity index (χ3n) is 3.35. The fourth-order valence-corrected chi connectivity index (χ4v) is 2.60. The van der Waals surface area contributed by atoms with Gasteiger partial charge in [0.25, 0.3) is 0 Å². The molecule has 0 bridgehead atoms. The monoisotopic (exact) mass is 256 g/mol. The van der Waals surface area contributed by atoms with Gasteiger partial charge in [0.05, 0.1) is 0 Å². The van der Waals surface area contributed by atoms with E-state index in [1.807, 2.05) is 0 Å². The molecule has 2 aliphatic rings. The molecular weight excluding hydrogens is 244 g/mol. The fraction of sp³-hybridized carbons (Fsp3) is 0.600. The van der Waals surface area contributed by atoms with E-state index in [0.717, 1.165) is 0 Å². The lowest BCUT2D eigenvalue weighted by atomic mass is 10.1. The van der Waals surface area contributed by atoms with Gasteiger partial charge in [0.1, 0.15) is 0 Å². The van der Waals surface area contributed by atoms with Gasteiger partial charge in [0, 0.05) is 25.8 Å². The van der Waals surface area contributed by atoms with Gasteiger partial charge in [-0.15, -0.1) is 0 Å². The highest BCUT2D eigenvalue weighted by Crippen LogP contribution is 2.36. The molecule has 1 atom stereocenters. The molecule has 0 aliphatic carbocycles. The van der Waals surface area contributed by atoms with Gasteiger partial charge >= 0.3 is 12.1 Å². The third-order valence-corrected chi connectivity index (χ3v) is 3.35. The first kappa shape index (κ1) is 12.3. The largest absolute Gasteiger partial charge is 0.478 e. The Morgan fingerprint density at radius 2 is 1.67 bits per heavy atom. The molecule has 98 valence electrons. The summed E-state index contributed by atoms with van der Waals surface area (Å²) >= 11 is 0. The summed E-state index contributed by atoms with van der Waals surface area (Å²) in [6.07, 6.45) is -1.34. The normalized spacial score (nSPS) is 28.0.